The third kappa shape index (κ3) is 3.63. The summed E-state index contributed by atoms with van der Waals surface area (Å²) in [5.74, 6) is 0.467. The Kier molecular flexibility index (Phi) is 4.46. The second-order valence-electron chi connectivity index (χ2n) is 5.92. The molecule has 0 aliphatic heterocycles. The molecule has 2 aromatic carbocycles. The van der Waals surface area contributed by atoms with Crippen LogP contribution in [0.2, 0.25) is 5.02 Å². The number of hydrogen-bond donors (Lipinski definition) is 1. The fourth-order valence-electron chi connectivity index (χ4n) is 2.75. The number of aromatic nitrogens is 2. The van der Waals surface area contributed by atoms with E-state index >= 15 is 0 Å². The first-order chi connectivity index (χ1) is 12.7. The SMILES string of the molecule is O=C(COc1ccc2ccccc2c1)NCc1cn2cc(Cl)ccc2n1. The van der Waals surface area contributed by atoms with Crippen molar-refractivity contribution in [1.82, 2.24) is 14.7 Å². The summed E-state index contributed by atoms with van der Waals surface area (Å²) >= 11 is 5.96. The molecule has 0 spiro atoms. The first-order valence-electron chi connectivity index (χ1n) is 8.19. The average Bonchev–Trinajstić information content (AvgIpc) is 3.06. The van der Waals surface area contributed by atoms with Gasteiger partial charge in [0.05, 0.1) is 17.3 Å². The van der Waals surface area contributed by atoms with E-state index in [0.717, 1.165) is 22.1 Å². The maximum atomic E-state index is 12.0. The number of fused-ring (bicyclic) bond motifs is 2. The monoisotopic (exact) mass is 365 g/mol. The van der Waals surface area contributed by atoms with E-state index in [9.17, 15) is 4.79 Å². The minimum absolute atomic E-state index is 0.0441. The Bertz CT molecular complexity index is 1090. The van der Waals surface area contributed by atoms with E-state index in [1.165, 1.54) is 0 Å². The summed E-state index contributed by atoms with van der Waals surface area (Å²) in [6.45, 7) is 0.288. The second kappa shape index (κ2) is 7.06. The Labute approximate surface area is 155 Å². The van der Waals surface area contributed by atoms with Crippen molar-refractivity contribution in [3.63, 3.8) is 0 Å². The van der Waals surface area contributed by atoms with Crippen molar-refractivity contribution in [1.29, 1.82) is 0 Å². The van der Waals surface area contributed by atoms with E-state index in [1.54, 1.807) is 12.3 Å². The third-order valence-electron chi connectivity index (χ3n) is 4.02. The molecule has 0 saturated carbocycles. The molecule has 0 bridgehead atoms. The molecular formula is C20H16ClN3O2. The van der Waals surface area contributed by atoms with Crippen LogP contribution in [-0.4, -0.2) is 21.9 Å². The maximum Gasteiger partial charge on any atom is 0.258 e. The fraction of sp³-hybridized carbons (Fsp3) is 0.100. The van der Waals surface area contributed by atoms with Crippen molar-refractivity contribution in [3.8, 4) is 5.75 Å². The van der Waals surface area contributed by atoms with Crippen molar-refractivity contribution in [2.24, 2.45) is 0 Å². The lowest BCUT2D eigenvalue weighted by molar-refractivity contribution is -0.123. The maximum absolute atomic E-state index is 12.0. The van der Waals surface area contributed by atoms with Crippen LogP contribution in [0.1, 0.15) is 5.69 Å². The lowest BCUT2D eigenvalue weighted by Crippen LogP contribution is -2.28. The topological polar surface area (TPSA) is 55.6 Å². The lowest BCUT2D eigenvalue weighted by atomic mass is 10.1. The van der Waals surface area contributed by atoms with Crippen LogP contribution in [0.3, 0.4) is 0 Å². The molecule has 130 valence electrons. The molecule has 0 atom stereocenters. The average molecular weight is 366 g/mol. The molecule has 2 aromatic heterocycles. The lowest BCUT2D eigenvalue weighted by Gasteiger charge is -2.07. The van der Waals surface area contributed by atoms with Gasteiger partial charge in [-0.2, -0.15) is 0 Å². The molecule has 26 heavy (non-hydrogen) atoms. The quantitative estimate of drug-likeness (QED) is 0.584. The van der Waals surface area contributed by atoms with E-state index < -0.39 is 0 Å². The van der Waals surface area contributed by atoms with Crippen LogP contribution in [0.15, 0.2) is 67.0 Å². The van der Waals surface area contributed by atoms with Gasteiger partial charge in [0.2, 0.25) is 0 Å². The molecule has 0 saturated heterocycles. The van der Waals surface area contributed by atoms with Crippen molar-refractivity contribution >= 4 is 33.9 Å². The Balaban J connectivity index is 1.34. The zero-order valence-electron chi connectivity index (χ0n) is 13.9. The Morgan fingerprint density at radius 1 is 1.08 bits per heavy atom. The molecule has 1 amide bonds. The molecule has 0 unspecified atom stereocenters. The first-order valence-corrected chi connectivity index (χ1v) is 8.57. The summed E-state index contributed by atoms with van der Waals surface area (Å²) in [4.78, 5) is 16.5. The predicted octanol–water partition coefficient (Wildman–Crippen LogP) is 3.84. The van der Waals surface area contributed by atoms with Gasteiger partial charge in [0.25, 0.3) is 5.91 Å². The summed E-state index contributed by atoms with van der Waals surface area (Å²) in [7, 11) is 0. The van der Waals surface area contributed by atoms with Gasteiger partial charge in [-0.25, -0.2) is 4.98 Å². The van der Waals surface area contributed by atoms with Crippen LogP contribution < -0.4 is 10.1 Å². The van der Waals surface area contributed by atoms with Crippen molar-refractivity contribution in [2.75, 3.05) is 6.61 Å². The number of pyridine rings is 1. The number of nitrogens with zero attached hydrogens (tertiary/aromatic N) is 2. The van der Waals surface area contributed by atoms with Crippen molar-refractivity contribution in [3.05, 3.63) is 77.7 Å². The smallest absolute Gasteiger partial charge is 0.258 e. The van der Waals surface area contributed by atoms with Gasteiger partial charge >= 0.3 is 0 Å². The van der Waals surface area contributed by atoms with Crippen molar-refractivity contribution in [2.45, 2.75) is 6.54 Å². The number of halogens is 1. The molecule has 0 radical (unpaired) electrons. The van der Waals surface area contributed by atoms with Crippen LogP contribution in [0.5, 0.6) is 5.75 Å². The van der Waals surface area contributed by atoms with Gasteiger partial charge in [-0.3, -0.25) is 4.79 Å². The molecule has 0 aliphatic rings. The van der Waals surface area contributed by atoms with Gasteiger partial charge in [-0.15, -0.1) is 0 Å². The minimum atomic E-state index is -0.201. The summed E-state index contributed by atoms with van der Waals surface area (Å²) < 4.78 is 7.41. The van der Waals surface area contributed by atoms with Crippen LogP contribution >= 0.6 is 11.6 Å². The number of carbonyl (C=O) groups is 1. The highest BCUT2D eigenvalue weighted by Crippen LogP contribution is 2.20. The van der Waals surface area contributed by atoms with Gasteiger partial charge in [0.15, 0.2) is 6.61 Å². The predicted molar refractivity (Wildman–Crippen MR) is 101 cm³/mol. The zero-order chi connectivity index (χ0) is 17.9. The van der Waals surface area contributed by atoms with Crippen LogP contribution in [0, 0.1) is 0 Å². The van der Waals surface area contributed by atoms with E-state index in [1.807, 2.05) is 59.1 Å². The highest BCUT2D eigenvalue weighted by molar-refractivity contribution is 6.30. The van der Waals surface area contributed by atoms with Crippen LogP contribution in [-0.2, 0) is 11.3 Å². The second-order valence-corrected chi connectivity index (χ2v) is 6.36. The molecule has 5 nitrogen and oxygen atoms in total. The highest BCUT2D eigenvalue weighted by Gasteiger charge is 2.06. The number of amides is 1. The normalized spacial score (nSPS) is 11.0. The van der Waals surface area contributed by atoms with Crippen LogP contribution in [0.4, 0.5) is 0 Å². The molecule has 0 aliphatic carbocycles. The zero-order valence-corrected chi connectivity index (χ0v) is 14.6. The Morgan fingerprint density at radius 3 is 2.81 bits per heavy atom. The summed E-state index contributed by atoms with van der Waals surface area (Å²) in [5.41, 5.74) is 1.54. The first kappa shape index (κ1) is 16.4. The molecule has 6 heteroatoms. The largest absolute Gasteiger partial charge is 0.484 e. The molecule has 4 rings (SSSR count). The number of benzene rings is 2. The van der Waals surface area contributed by atoms with E-state index in [0.29, 0.717) is 17.3 Å². The summed E-state index contributed by atoms with van der Waals surface area (Å²) in [6, 6.07) is 17.4. The van der Waals surface area contributed by atoms with Gasteiger partial charge in [0.1, 0.15) is 11.4 Å². The number of imidazole rings is 1. The third-order valence-corrected chi connectivity index (χ3v) is 4.25. The number of hydrogen-bond acceptors (Lipinski definition) is 3. The number of rotatable bonds is 5. The molecule has 2 heterocycles. The van der Waals surface area contributed by atoms with Crippen molar-refractivity contribution < 1.29 is 9.53 Å². The molecular weight excluding hydrogens is 350 g/mol. The minimum Gasteiger partial charge on any atom is -0.484 e. The van der Waals surface area contributed by atoms with Gasteiger partial charge in [0, 0.05) is 12.4 Å². The standard InChI is InChI=1S/C20H16ClN3O2/c21-16-6-8-19-23-17(12-24(19)11-16)10-22-20(25)13-26-18-7-5-14-3-1-2-4-15(14)9-18/h1-9,11-12H,10,13H2,(H,22,25). The van der Waals surface area contributed by atoms with Gasteiger partial charge < -0.3 is 14.5 Å². The summed E-state index contributed by atoms with van der Waals surface area (Å²) in [6.07, 6.45) is 3.61. The summed E-state index contributed by atoms with van der Waals surface area (Å²) in [5, 5.41) is 5.66. The van der Waals surface area contributed by atoms with E-state index in [-0.39, 0.29) is 12.5 Å². The number of ether oxygens (including phenoxy) is 1. The van der Waals surface area contributed by atoms with Crippen LogP contribution in [0.25, 0.3) is 16.4 Å². The van der Waals surface area contributed by atoms with Gasteiger partial charge in [-0.05, 0) is 35.0 Å². The fourth-order valence-corrected chi connectivity index (χ4v) is 2.92. The molecule has 1 N–H and O–H groups in total. The Hall–Kier alpha value is -3.05. The van der Waals surface area contributed by atoms with E-state index in [4.69, 9.17) is 16.3 Å². The number of carbonyl (C=O) groups excluding carboxylic acids is 1. The molecule has 0 fully saturated rings. The van der Waals surface area contributed by atoms with Gasteiger partial charge in [-0.1, -0.05) is 41.9 Å². The molecule has 4 aromatic rings. The van der Waals surface area contributed by atoms with E-state index in [2.05, 4.69) is 10.3 Å². The highest BCUT2D eigenvalue weighted by atomic mass is 35.5. The number of nitrogens with one attached hydrogen (secondary N) is 1. The Morgan fingerprint density at radius 2 is 1.92 bits per heavy atom.